The van der Waals surface area contributed by atoms with E-state index in [1.807, 2.05) is 0 Å². The average Bonchev–Trinajstić information content (AvgIpc) is 2.20. The lowest BCUT2D eigenvalue weighted by molar-refractivity contribution is -0.138. The lowest BCUT2D eigenvalue weighted by Crippen LogP contribution is -2.18. The molecular formula is C10H12BrClF3NO2. The van der Waals surface area contributed by atoms with Crippen LogP contribution in [0.25, 0.3) is 0 Å². The molecule has 0 saturated carbocycles. The standard InChI is InChI=1S/C10H11BrF3NO2.ClH/c11-6-2-1-5(10(12,13)14)8(9(6)17)7(15)3-4-16;/h1-2,7,16-17H,3-4,15H2;1H/t7-;/m1./s1. The molecule has 0 amide bonds. The fraction of sp³-hybridized carbons (Fsp3) is 0.400. The Morgan fingerprint density at radius 1 is 1.33 bits per heavy atom. The van der Waals surface area contributed by atoms with Crippen LogP contribution in [-0.2, 0) is 6.18 Å². The molecule has 1 atom stereocenters. The zero-order chi connectivity index (χ0) is 13.2. The fourth-order valence-corrected chi connectivity index (χ4v) is 1.83. The third-order valence-electron chi connectivity index (χ3n) is 2.28. The Balaban J connectivity index is 0.00000289. The second-order valence-electron chi connectivity index (χ2n) is 3.47. The Hall–Kier alpha value is -0.500. The number of phenolic OH excluding ortho intramolecular Hbond substituents is 1. The number of aliphatic hydroxyl groups is 1. The third-order valence-corrected chi connectivity index (χ3v) is 2.92. The van der Waals surface area contributed by atoms with E-state index in [1.54, 1.807) is 0 Å². The fourth-order valence-electron chi connectivity index (χ4n) is 1.49. The van der Waals surface area contributed by atoms with Crippen molar-refractivity contribution in [2.45, 2.75) is 18.6 Å². The van der Waals surface area contributed by atoms with Gasteiger partial charge in [-0.3, -0.25) is 0 Å². The second kappa shape index (κ2) is 6.60. The number of hydrogen-bond donors (Lipinski definition) is 3. The molecule has 8 heteroatoms. The molecular weight excluding hydrogens is 338 g/mol. The maximum Gasteiger partial charge on any atom is 0.416 e. The highest BCUT2D eigenvalue weighted by Crippen LogP contribution is 2.42. The molecule has 0 radical (unpaired) electrons. The smallest absolute Gasteiger partial charge is 0.416 e. The van der Waals surface area contributed by atoms with E-state index < -0.39 is 29.1 Å². The lowest BCUT2D eigenvalue weighted by atomic mass is 9.97. The van der Waals surface area contributed by atoms with Crippen molar-refractivity contribution in [3.8, 4) is 5.75 Å². The van der Waals surface area contributed by atoms with E-state index in [1.165, 1.54) is 0 Å². The van der Waals surface area contributed by atoms with Crippen molar-refractivity contribution in [1.29, 1.82) is 0 Å². The van der Waals surface area contributed by atoms with Gasteiger partial charge in [-0.1, -0.05) is 0 Å². The van der Waals surface area contributed by atoms with Crippen LogP contribution in [0.2, 0.25) is 0 Å². The van der Waals surface area contributed by atoms with Gasteiger partial charge in [-0.15, -0.1) is 12.4 Å². The first-order valence-electron chi connectivity index (χ1n) is 4.74. The number of rotatable bonds is 3. The number of nitrogens with two attached hydrogens (primary N) is 1. The molecule has 104 valence electrons. The molecule has 0 fully saturated rings. The Morgan fingerprint density at radius 3 is 2.33 bits per heavy atom. The SMILES string of the molecule is Cl.N[C@H](CCO)c1c(C(F)(F)F)ccc(Br)c1O. The number of phenols is 1. The summed E-state index contributed by atoms with van der Waals surface area (Å²) in [5, 5.41) is 18.3. The highest BCUT2D eigenvalue weighted by Gasteiger charge is 2.36. The van der Waals surface area contributed by atoms with Crippen LogP contribution in [0.1, 0.15) is 23.6 Å². The molecule has 0 aliphatic heterocycles. The molecule has 4 N–H and O–H groups in total. The maximum atomic E-state index is 12.7. The summed E-state index contributed by atoms with van der Waals surface area (Å²) in [5.74, 6) is -0.541. The van der Waals surface area contributed by atoms with Gasteiger partial charge in [0.05, 0.1) is 10.0 Å². The summed E-state index contributed by atoms with van der Waals surface area (Å²) in [5.41, 5.74) is 4.14. The monoisotopic (exact) mass is 349 g/mol. The van der Waals surface area contributed by atoms with Crippen LogP contribution in [0.3, 0.4) is 0 Å². The van der Waals surface area contributed by atoms with Crippen molar-refractivity contribution in [3.05, 3.63) is 27.7 Å². The van der Waals surface area contributed by atoms with Crippen molar-refractivity contribution in [2.24, 2.45) is 5.73 Å². The second-order valence-corrected chi connectivity index (χ2v) is 4.33. The van der Waals surface area contributed by atoms with Gasteiger partial charge in [0, 0.05) is 18.2 Å². The number of aliphatic hydroxyl groups excluding tert-OH is 1. The van der Waals surface area contributed by atoms with Crippen LogP contribution in [0.15, 0.2) is 16.6 Å². The van der Waals surface area contributed by atoms with E-state index in [2.05, 4.69) is 15.9 Å². The van der Waals surface area contributed by atoms with Crippen molar-refractivity contribution in [1.82, 2.24) is 0 Å². The molecule has 0 unspecified atom stereocenters. The summed E-state index contributed by atoms with van der Waals surface area (Å²) in [6.45, 7) is -0.357. The van der Waals surface area contributed by atoms with Gasteiger partial charge >= 0.3 is 6.18 Å². The Labute approximate surface area is 116 Å². The van der Waals surface area contributed by atoms with Crippen molar-refractivity contribution >= 4 is 28.3 Å². The molecule has 0 aliphatic rings. The topological polar surface area (TPSA) is 66.5 Å². The largest absolute Gasteiger partial charge is 0.506 e. The van der Waals surface area contributed by atoms with Crippen molar-refractivity contribution in [3.63, 3.8) is 0 Å². The Morgan fingerprint density at radius 2 is 1.89 bits per heavy atom. The molecule has 3 nitrogen and oxygen atoms in total. The Kier molecular flexibility index (Phi) is 6.42. The molecule has 0 bridgehead atoms. The van der Waals surface area contributed by atoms with E-state index in [0.717, 1.165) is 12.1 Å². The highest BCUT2D eigenvalue weighted by molar-refractivity contribution is 9.10. The predicted molar refractivity (Wildman–Crippen MR) is 66.7 cm³/mol. The summed E-state index contributed by atoms with van der Waals surface area (Å²) >= 11 is 2.93. The zero-order valence-corrected chi connectivity index (χ0v) is 11.4. The van der Waals surface area contributed by atoms with Gasteiger partial charge in [0.2, 0.25) is 0 Å². The van der Waals surface area contributed by atoms with Crippen LogP contribution in [0, 0.1) is 0 Å². The Bertz CT molecular complexity index is 415. The molecule has 0 saturated heterocycles. The van der Waals surface area contributed by atoms with Gasteiger partial charge in [-0.25, -0.2) is 0 Å². The molecule has 0 spiro atoms. The van der Waals surface area contributed by atoms with Crippen molar-refractivity contribution < 1.29 is 23.4 Å². The average molecular weight is 351 g/mol. The van der Waals surface area contributed by atoms with E-state index in [4.69, 9.17) is 10.8 Å². The maximum absolute atomic E-state index is 12.7. The number of benzene rings is 1. The number of aromatic hydroxyl groups is 1. The van der Waals surface area contributed by atoms with Gasteiger partial charge in [0.1, 0.15) is 5.75 Å². The molecule has 1 aromatic carbocycles. The van der Waals surface area contributed by atoms with Gasteiger partial charge in [-0.2, -0.15) is 13.2 Å². The predicted octanol–water partition coefficient (Wildman–Crippen LogP) is 2.98. The normalized spacial score (nSPS) is 13.0. The van der Waals surface area contributed by atoms with E-state index in [-0.39, 0.29) is 29.9 Å². The minimum atomic E-state index is -4.60. The molecule has 0 heterocycles. The van der Waals surface area contributed by atoms with E-state index >= 15 is 0 Å². The molecule has 18 heavy (non-hydrogen) atoms. The number of alkyl halides is 3. The van der Waals surface area contributed by atoms with Crippen LogP contribution in [0.5, 0.6) is 5.75 Å². The summed E-state index contributed by atoms with van der Waals surface area (Å²) < 4.78 is 38.3. The summed E-state index contributed by atoms with van der Waals surface area (Å²) in [7, 11) is 0. The number of hydrogen-bond acceptors (Lipinski definition) is 3. The summed E-state index contributed by atoms with van der Waals surface area (Å²) in [4.78, 5) is 0. The highest BCUT2D eigenvalue weighted by atomic mass is 79.9. The minimum absolute atomic E-state index is 0. The molecule has 0 aliphatic carbocycles. The summed E-state index contributed by atoms with van der Waals surface area (Å²) in [6, 6.07) is 0.873. The van der Waals surface area contributed by atoms with Gasteiger partial charge in [-0.05, 0) is 34.5 Å². The van der Waals surface area contributed by atoms with Gasteiger partial charge < -0.3 is 15.9 Å². The van der Waals surface area contributed by atoms with Crippen LogP contribution in [-0.4, -0.2) is 16.8 Å². The van der Waals surface area contributed by atoms with Gasteiger partial charge in [0.25, 0.3) is 0 Å². The van der Waals surface area contributed by atoms with E-state index in [9.17, 15) is 18.3 Å². The quantitative estimate of drug-likeness (QED) is 0.785. The zero-order valence-electron chi connectivity index (χ0n) is 9.04. The minimum Gasteiger partial charge on any atom is -0.506 e. The lowest BCUT2D eigenvalue weighted by Gasteiger charge is -2.19. The summed E-state index contributed by atoms with van der Waals surface area (Å²) in [6.07, 6.45) is -4.66. The van der Waals surface area contributed by atoms with Crippen LogP contribution >= 0.6 is 28.3 Å². The molecule has 1 rings (SSSR count). The van der Waals surface area contributed by atoms with Gasteiger partial charge in [0.15, 0.2) is 0 Å². The van der Waals surface area contributed by atoms with Crippen molar-refractivity contribution in [2.75, 3.05) is 6.61 Å². The molecule has 0 aromatic heterocycles. The third kappa shape index (κ3) is 3.74. The first kappa shape index (κ1) is 17.5. The molecule has 1 aromatic rings. The van der Waals surface area contributed by atoms with Crippen LogP contribution in [0.4, 0.5) is 13.2 Å². The van der Waals surface area contributed by atoms with E-state index in [0.29, 0.717) is 0 Å². The first-order valence-corrected chi connectivity index (χ1v) is 5.53. The number of halogens is 5. The first-order chi connectivity index (χ1) is 7.79. The van der Waals surface area contributed by atoms with Crippen LogP contribution < -0.4 is 5.73 Å².